The maximum Gasteiger partial charge on any atom is 0.405 e. The number of fused-ring (bicyclic) bond motifs is 1. The van der Waals surface area contributed by atoms with Gasteiger partial charge in [-0.1, -0.05) is 0 Å². The predicted molar refractivity (Wildman–Crippen MR) is 87.3 cm³/mol. The second-order valence-corrected chi connectivity index (χ2v) is 5.51. The fourth-order valence-electron chi connectivity index (χ4n) is 2.45. The average molecular weight is 346 g/mol. The molecule has 0 spiro atoms. The molecule has 2 N–H and O–H groups in total. The molecule has 1 aromatic carbocycles. The molecule has 0 aliphatic carbocycles. The van der Waals surface area contributed by atoms with Gasteiger partial charge in [-0.2, -0.15) is 0 Å². The van der Waals surface area contributed by atoms with Crippen LogP contribution < -0.4 is 20.1 Å². The molecule has 2 heterocycles. The lowest BCUT2D eigenvalue weighted by Crippen LogP contribution is -2.41. The molecule has 0 radical (unpaired) electrons. The van der Waals surface area contributed by atoms with E-state index in [1.807, 2.05) is 17.8 Å². The Kier molecular flexibility index (Phi) is 4.46. The zero-order valence-electron chi connectivity index (χ0n) is 13.8. The van der Waals surface area contributed by atoms with Crippen molar-refractivity contribution >= 4 is 17.7 Å². The minimum Gasteiger partial charge on any atom is -0.487 e. The molecular formula is C16H18N4O5. The third-order valence-corrected chi connectivity index (χ3v) is 3.84. The number of amides is 2. The van der Waals surface area contributed by atoms with Crippen molar-refractivity contribution in [3.05, 3.63) is 36.4 Å². The summed E-state index contributed by atoms with van der Waals surface area (Å²) in [4.78, 5) is 28.9. The summed E-state index contributed by atoms with van der Waals surface area (Å²) in [5, 5.41) is 0. The summed E-state index contributed by atoms with van der Waals surface area (Å²) in [5.74, 6) is 1.37. The van der Waals surface area contributed by atoms with Gasteiger partial charge in [0.25, 0.3) is 5.91 Å². The summed E-state index contributed by atoms with van der Waals surface area (Å²) in [6.07, 6.45) is 1.40. The second-order valence-electron chi connectivity index (χ2n) is 5.51. The number of rotatable bonds is 4. The molecule has 2 amide bonds. The van der Waals surface area contributed by atoms with Crippen LogP contribution in [0.3, 0.4) is 0 Å². The molecule has 25 heavy (non-hydrogen) atoms. The van der Waals surface area contributed by atoms with Gasteiger partial charge in [-0.05, 0) is 12.1 Å². The van der Waals surface area contributed by atoms with Crippen LogP contribution in [0.25, 0.3) is 0 Å². The summed E-state index contributed by atoms with van der Waals surface area (Å²) in [6, 6.07) is 5.11. The summed E-state index contributed by atoms with van der Waals surface area (Å²) >= 11 is 0. The molecule has 0 unspecified atom stereocenters. The van der Waals surface area contributed by atoms with Crippen molar-refractivity contribution in [2.75, 3.05) is 18.6 Å². The molecule has 2 aromatic rings. The van der Waals surface area contributed by atoms with Gasteiger partial charge in [0.15, 0.2) is 0 Å². The number of carbonyl (C=O) groups is 2. The predicted octanol–water partition coefficient (Wildman–Crippen LogP) is 0.818. The third kappa shape index (κ3) is 3.49. The highest BCUT2D eigenvalue weighted by atomic mass is 16.6. The highest BCUT2D eigenvalue weighted by Gasteiger charge is 2.32. The summed E-state index contributed by atoms with van der Waals surface area (Å²) in [6.45, 7) is 0.181. The minimum atomic E-state index is -1.09. The number of nitrogens with two attached hydrogens (primary N) is 1. The van der Waals surface area contributed by atoms with Crippen LogP contribution in [-0.2, 0) is 23.2 Å². The van der Waals surface area contributed by atoms with Gasteiger partial charge < -0.3 is 29.4 Å². The number of primary amides is 1. The standard InChI is InChI=1S/C16H18N4O5/c1-19-6-5-18-14(19)9-23-10-3-4-12-11(7-10)20(2)15(21)13(8-24-12)25-16(17)22/h3-7,13H,8-9H2,1-2H3,(H2,17,22)/t13-/m0/s1. The Hall–Kier alpha value is -3.23. The zero-order valence-corrected chi connectivity index (χ0v) is 13.8. The normalized spacial score (nSPS) is 16.6. The Labute approximate surface area is 143 Å². The number of aryl methyl sites for hydroxylation is 1. The maximum absolute atomic E-state index is 12.4. The van der Waals surface area contributed by atoms with Crippen LogP contribution >= 0.6 is 0 Å². The average Bonchev–Trinajstić information content (AvgIpc) is 2.96. The van der Waals surface area contributed by atoms with Gasteiger partial charge in [0.1, 0.15) is 30.5 Å². The van der Waals surface area contributed by atoms with E-state index in [-0.39, 0.29) is 13.2 Å². The number of aromatic nitrogens is 2. The van der Waals surface area contributed by atoms with Crippen LogP contribution in [0.1, 0.15) is 5.82 Å². The van der Waals surface area contributed by atoms with Crippen molar-refractivity contribution in [2.24, 2.45) is 12.8 Å². The first-order valence-corrected chi connectivity index (χ1v) is 7.55. The first-order valence-electron chi connectivity index (χ1n) is 7.55. The van der Waals surface area contributed by atoms with Crippen LogP contribution in [0.2, 0.25) is 0 Å². The van der Waals surface area contributed by atoms with E-state index in [0.29, 0.717) is 17.2 Å². The van der Waals surface area contributed by atoms with Crippen LogP contribution in [0, 0.1) is 0 Å². The van der Waals surface area contributed by atoms with E-state index in [4.69, 9.17) is 19.9 Å². The molecule has 1 atom stereocenters. The van der Waals surface area contributed by atoms with E-state index in [9.17, 15) is 9.59 Å². The van der Waals surface area contributed by atoms with Gasteiger partial charge in [-0.3, -0.25) is 4.79 Å². The lowest BCUT2D eigenvalue weighted by Gasteiger charge is -2.19. The zero-order chi connectivity index (χ0) is 18.0. The number of benzene rings is 1. The highest BCUT2D eigenvalue weighted by molar-refractivity contribution is 5.99. The van der Waals surface area contributed by atoms with Crippen molar-refractivity contribution < 1.29 is 23.8 Å². The Morgan fingerprint density at radius 2 is 2.24 bits per heavy atom. The fraction of sp³-hybridized carbons (Fsp3) is 0.312. The number of likely N-dealkylation sites (N-methyl/N-ethyl adjacent to an activating group) is 1. The molecule has 3 rings (SSSR count). The molecule has 0 bridgehead atoms. The maximum atomic E-state index is 12.4. The van der Waals surface area contributed by atoms with Crippen molar-refractivity contribution in [2.45, 2.75) is 12.7 Å². The molecule has 0 fully saturated rings. The van der Waals surface area contributed by atoms with E-state index in [0.717, 1.165) is 5.82 Å². The molecule has 9 heteroatoms. The number of imidazole rings is 1. The van der Waals surface area contributed by atoms with Gasteiger partial charge in [0, 0.05) is 32.6 Å². The van der Waals surface area contributed by atoms with E-state index in [1.165, 1.54) is 4.90 Å². The Bertz CT molecular complexity index is 804. The number of nitrogens with zero attached hydrogens (tertiary/aromatic N) is 3. The first kappa shape index (κ1) is 16.6. The van der Waals surface area contributed by atoms with Crippen molar-refractivity contribution in [3.63, 3.8) is 0 Å². The second kappa shape index (κ2) is 6.71. The molecule has 1 aliphatic rings. The largest absolute Gasteiger partial charge is 0.487 e. The number of anilines is 1. The molecule has 1 aromatic heterocycles. The molecule has 9 nitrogen and oxygen atoms in total. The SMILES string of the molecule is CN1C(=O)[C@@H](OC(N)=O)COc2ccc(OCc3nccn3C)cc21. The van der Waals surface area contributed by atoms with Crippen molar-refractivity contribution in [1.29, 1.82) is 0 Å². The molecule has 1 aliphatic heterocycles. The summed E-state index contributed by atoms with van der Waals surface area (Å²) in [5.41, 5.74) is 5.51. The highest BCUT2D eigenvalue weighted by Crippen LogP contribution is 2.34. The monoisotopic (exact) mass is 346 g/mol. The summed E-state index contributed by atoms with van der Waals surface area (Å²) in [7, 11) is 3.44. The number of hydrogen-bond acceptors (Lipinski definition) is 6. The van der Waals surface area contributed by atoms with Gasteiger partial charge in [0.2, 0.25) is 6.10 Å². The van der Waals surface area contributed by atoms with E-state index >= 15 is 0 Å². The van der Waals surface area contributed by atoms with Crippen LogP contribution in [-0.4, -0.2) is 41.3 Å². The lowest BCUT2D eigenvalue weighted by atomic mass is 10.2. The van der Waals surface area contributed by atoms with Crippen LogP contribution in [0.15, 0.2) is 30.6 Å². The Morgan fingerprint density at radius 1 is 1.44 bits per heavy atom. The Morgan fingerprint density at radius 3 is 2.92 bits per heavy atom. The summed E-state index contributed by atoms with van der Waals surface area (Å²) < 4.78 is 18.0. The van der Waals surface area contributed by atoms with Gasteiger partial charge >= 0.3 is 6.09 Å². The minimum absolute atomic E-state index is 0.105. The number of hydrogen-bond donors (Lipinski definition) is 1. The fourth-order valence-corrected chi connectivity index (χ4v) is 2.45. The smallest absolute Gasteiger partial charge is 0.405 e. The lowest BCUT2D eigenvalue weighted by molar-refractivity contribution is -0.127. The van der Waals surface area contributed by atoms with Gasteiger partial charge in [-0.25, -0.2) is 9.78 Å². The van der Waals surface area contributed by atoms with Crippen molar-refractivity contribution in [1.82, 2.24) is 9.55 Å². The first-order chi connectivity index (χ1) is 12.0. The third-order valence-electron chi connectivity index (χ3n) is 3.84. The topological polar surface area (TPSA) is 109 Å². The molecule has 0 saturated carbocycles. The van der Waals surface area contributed by atoms with Gasteiger partial charge in [-0.15, -0.1) is 0 Å². The molecule has 0 saturated heterocycles. The van der Waals surface area contributed by atoms with Gasteiger partial charge in [0.05, 0.1) is 5.69 Å². The van der Waals surface area contributed by atoms with Crippen LogP contribution in [0.5, 0.6) is 11.5 Å². The number of carbonyl (C=O) groups excluding carboxylic acids is 2. The molecule has 132 valence electrons. The number of ether oxygens (including phenoxy) is 3. The van der Waals surface area contributed by atoms with E-state index < -0.39 is 18.1 Å². The van der Waals surface area contributed by atoms with Crippen LogP contribution in [0.4, 0.5) is 10.5 Å². The van der Waals surface area contributed by atoms with E-state index in [1.54, 1.807) is 31.4 Å². The molecular weight excluding hydrogens is 328 g/mol. The van der Waals surface area contributed by atoms with E-state index in [2.05, 4.69) is 4.98 Å². The van der Waals surface area contributed by atoms with Crippen molar-refractivity contribution in [3.8, 4) is 11.5 Å². The Balaban J connectivity index is 1.78. The quantitative estimate of drug-likeness (QED) is 0.878.